The van der Waals surface area contributed by atoms with Crippen LogP contribution in [0.2, 0.25) is 0 Å². The Hall–Kier alpha value is -1.38. The standard InChI is InChI=1S/C11H18N4O3S/c1-6-3-15(4-7(5-16)18-6)10(17)8-9(12)14-11(13-2)19-8/h6-7,16H,3-5,12H2,1-2H3,(H,13,14). The molecule has 0 saturated carbocycles. The highest BCUT2D eigenvalue weighted by atomic mass is 32.1. The van der Waals surface area contributed by atoms with E-state index in [1.165, 1.54) is 11.3 Å². The summed E-state index contributed by atoms with van der Waals surface area (Å²) in [5.74, 6) is 0.0733. The van der Waals surface area contributed by atoms with E-state index in [4.69, 9.17) is 15.6 Å². The summed E-state index contributed by atoms with van der Waals surface area (Å²) in [6.07, 6.45) is -0.446. The van der Waals surface area contributed by atoms with E-state index in [2.05, 4.69) is 10.3 Å². The molecule has 1 saturated heterocycles. The molecule has 19 heavy (non-hydrogen) atoms. The third kappa shape index (κ3) is 2.96. The first kappa shape index (κ1) is 14.0. The molecule has 1 aliphatic rings. The SMILES string of the molecule is CNc1nc(N)c(C(=O)N2CC(C)OC(CO)C2)s1. The van der Waals surface area contributed by atoms with Crippen LogP contribution in [0.4, 0.5) is 10.9 Å². The van der Waals surface area contributed by atoms with E-state index in [1.807, 2.05) is 6.92 Å². The van der Waals surface area contributed by atoms with E-state index < -0.39 is 0 Å². The number of thiazole rings is 1. The molecule has 1 fully saturated rings. The zero-order chi connectivity index (χ0) is 14.0. The predicted molar refractivity (Wildman–Crippen MR) is 73.4 cm³/mol. The van der Waals surface area contributed by atoms with Crippen molar-refractivity contribution in [2.45, 2.75) is 19.1 Å². The molecular formula is C11H18N4O3S. The van der Waals surface area contributed by atoms with E-state index in [1.54, 1.807) is 11.9 Å². The fraction of sp³-hybridized carbons (Fsp3) is 0.636. The van der Waals surface area contributed by atoms with Crippen molar-refractivity contribution in [3.8, 4) is 0 Å². The van der Waals surface area contributed by atoms with Crippen LogP contribution < -0.4 is 11.1 Å². The van der Waals surface area contributed by atoms with Gasteiger partial charge < -0.3 is 25.8 Å². The van der Waals surface area contributed by atoms with Gasteiger partial charge in [-0.2, -0.15) is 0 Å². The Morgan fingerprint density at radius 1 is 1.68 bits per heavy atom. The lowest BCUT2D eigenvalue weighted by atomic mass is 10.2. The topological polar surface area (TPSA) is 101 Å². The Bertz CT molecular complexity index is 465. The maximum Gasteiger partial charge on any atom is 0.268 e. The van der Waals surface area contributed by atoms with E-state index in [0.29, 0.717) is 23.1 Å². The van der Waals surface area contributed by atoms with Gasteiger partial charge in [-0.3, -0.25) is 4.79 Å². The van der Waals surface area contributed by atoms with Crippen molar-refractivity contribution >= 4 is 28.2 Å². The summed E-state index contributed by atoms with van der Waals surface area (Å²) in [7, 11) is 1.73. The van der Waals surface area contributed by atoms with Crippen LogP contribution in [0.25, 0.3) is 0 Å². The number of nitrogens with zero attached hydrogens (tertiary/aromatic N) is 2. The smallest absolute Gasteiger partial charge is 0.268 e. The van der Waals surface area contributed by atoms with Crippen LogP contribution >= 0.6 is 11.3 Å². The minimum atomic E-state index is -0.342. The number of ether oxygens (including phenoxy) is 1. The summed E-state index contributed by atoms with van der Waals surface area (Å²) in [5, 5.41) is 12.6. The number of aliphatic hydroxyl groups excluding tert-OH is 1. The lowest BCUT2D eigenvalue weighted by Gasteiger charge is -2.35. The van der Waals surface area contributed by atoms with Crippen molar-refractivity contribution in [1.29, 1.82) is 0 Å². The lowest BCUT2D eigenvalue weighted by Crippen LogP contribution is -2.50. The van der Waals surface area contributed by atoms with Crippen LogP contribution in [-0.4, -0.2) is 59.8 Å². The van der Waals surface area contributed by atoms with Crippen molar-refractivity contribution in [1.82, 2.24) is 9.88 Å². The highest BCUT2D eigenvalue weighted by Crippen LogP contribution is 2.27. The number of amides is 1. The molecule has 2 atom stereocenters. The van der Waals surface area contributed by atoms with E-state index in [0.717, 1.165) is 0 Å². The number of anilines is 2. The third-order valence-corrected chi connectivity index (χ3v) is 3.96. The molecule has 8 heteroatoms. The molecule has 2 unspecified atom stereocenters. The maximum atomic E-state index is 12.4. The van der Waals surface area contributed by atoms with Gasteiger partial charge in [-0.1, -0.05) is 11.3 Å². The minimum Gasteiger partial charge on any atom is -0.394 e. The molecule has 106 valence electrons. The number of nitrogens with one attached hydrogen (secondary N) is 1. The molecule has 0 aliphatic carbocycles. The van der Waals surface area contributed by atoms with E-state index in [-0.39, 0.29) is 30.5 Å². The summed E-state index contributed by atoms with van der Waals surface area (Å²) < 4.78 is 5.51. The summed E-state index contributed by atoms with van der Waals surface area (Å²) in [6, 6.07) is 0. The number of nitrogen functional groups attached to an aromatic ring is 1. The van der Waals surface area contributed by atoms with Gasteiger partial charge in [0.2, 0.25) is 0 Å². The van der Waals surface area contributed by atoms with Crippen LogP contribution in [-0.2, 0) is 4.74 Å². The summed E-state index contributed by atoms with van der Waals surface area (Å²) in [4.78, 5) is 18.5. The predicted octanol–water partition coefficient (Wildman–Crippen LogP) is -0.0112. The van der Waals surface area contributed by atoms with Gasteiger partial charge in [0.15, 0.2) is 5.13 Å². The molecular weight excluding hydrogens is 268 g/mol. The molecule has 0 radical (unpaired) electrons. The molecule has 1 aliphatic heterocycles. The molecule has 0 bridgehead atoms. The molecule has 4 N–H and O–H groups in total. The number of aromatic nitrogens is 1. The van der Waals surface area contributed by atoms with Gasteiger partial charge in [0, 0.05) is 20.1 Å². The Kier molecular flexibility index (Phi) is 4.23. The lowest BCUT2D eigenvalue weighted by molar-refractivity contribution is -0.0857. The Morgan fingerprint density at radius 3 is 3.00 bits per heavy atom. The molecule has 1 amide bonds. The van der Waals surface area contributed by atoms with Crippen LogP contribution in [0.1, 0.15) is 16.6 Å². The van der Waals surface area contributed by atoms with Gasteiger partial charge in [-0.15, -0.1) is 0 Å². The Labute approximate surface area is 115 Å². The number of morpholine rings is 1. The average Bonchev–Trinajstić information content (AvgIpc) is 2.78. The van der Waals surface area contributed by atoms with Gasteiger partial charge in [0.1, 0.15) is 10.7 Å². The van der Waals surface area contributed by atoms with Crippen LogP contribution in [0.5, 0.6) is 0 Å². The number of hydrogen-bond donors (Lipinski definition) is 3. The van der Waals surface area contributed by atoms with Crippen molar-refractivity contribution in [2.75, 3.05) is 37.8 Å². The van der Waals surface area contributed by atoms with Crippen LogP contribution in [0.3, 0.4) is 0 Å². The highest BCUT2D eigenvalue weighted by Gasteiger charge is 2.30. The number of rotatable bonds is 3. The van der Waals surface area contributed by atoms with Gasteiger partial charge in [0.05, 0.1) is 18.8 Å². The number of carbonyl (C=O) groups is 1. The Balaban J connectivity index is 2.16. The number of aliphatic hydroxyl groups is 1. The third-order valence-electron chi connectivity index (χ3n) is 2.88. The van der Waals surface area contributed by atoms with Crippen molar-refractivity contribution in [2.24, 2.45) is 0 Å². The average molecular weight is 286 g/mol. The molecule has 0 spiro atoms. The zero-order valence-electron chi connectivity index (χ0n) is 10.9. The molecule has 1 aromatic heterocycles. The second-order valence-corrected chi connectivity index (χ2v) is 5.44. The van der Waals surface area contributed by atoms with Crippen molar-refractivity contribution in [3.63, 3.8) is 0 Å². The molecule has 7 nitrogen and oxygen atoms in total. The van der Waals surface area contributed by atoms with Gasteiger partial charge >= 0.3 is 0 Å². The molecule has 0 aromatic carbocycles. The quantitative estimate of drug-likeness (QED) is 0.722. The monoisotopic (exact) mass is 286 g/mol. The maximum absolute atomic E-state index is 12.4. The molecule has 2 heterocycles. The molecule has 1 aromatic rings. The second-order valence-electron chi connectivity index (χ2n) is 4.44. The van der Waals surface area contributed by atoms with Gasteiger partial charge in [-0.25, -0.2) is 4.98 Å². The van der Waals surface area contributed by atoms with Gasteiger partial charge in [-0.05, 0) is 6.92 Å². The number of nitrogens with two attached hydrogens (primary N) is 1. The van der Waals surface area contributed by atoms with Gasteiger partial charge in [0.25, 0.3) is 5.91 Å². The number of carbonyl (C=O) groups excluding carboxylic acids is 1. The second kappa shape index (κ2) is 5.72. The fourth-order valence-corrected chi connectivity index (χ4v) is 2.85. The van der Waals surface area contributed by atoms with Crippen molar-refractivity contribution in [3.05, 3.63) is 4.88 Å². The first-order valence-electron chi connectivity index (χ1n) is 6.04. The zero-order valence-corrected chi connectivity index (χ0v) is 11.7. The number of hydrogen-bond acceptors (Lipinski definition) is 7. The summed E-state index contributed by atoms with van der Waals surface area (Å²) in [5.41, 5.74) is 5.76. The first-order valence-corrected chi connectivity index (χ1v) is 6.86. The summed E-state index contributed by atoms with van der Waals surface area (Å²) in [6.45, 7) is 2.62. The highest BCUT2D eigenvalue weighted by molar-refractivity contribution is 7.18. The van der Waals surface area contributed by atoms with E-state index in [9.17, 15) is 4.79 Å². The Morgan fingerprint density at radius 2 is 2.42 bits per heavy atom. The van der Waals surface area contributed by atoms with Crippen LogP contribution in [0, 0.1) is 0 Å². The first-order chi connectivity index (χ1) is 9.05. The van der Waals surface area contributed by atoms with Crippen molar-refractivity contribution < 1.29 is 14.6 Å². The van der Waals surface area contributed by atoms with Crippen LogP contribution in [0.15, 0.2) is 0 Å². The molecule has 2 rings (SSSR count). The summed E-state index contributed by atoms with van der Waals surface area (Å²) >= 11 is 1.23. The normalized spacial score (nSPS) is 23.4. The minimum absolute atomic E-state index is 0.103. The largest absolute Gasteiger partial charge is 0.394 e. The van der Waals surface area contributed by atoms with E-state index >= 15 is 0 Å². The fourth-order valence-electron chi connectivity index (χ4n) is 2.05.